The molecular weight excluding hydrogens is 336 g/mol. The van der Waals surface area contributed by atoms with Crippen LogP contribution in [0.2, 0.25) is 0 Å². The zero-order valence-electron chi connectivity index (χ0n) is 15.5. The molecule has 0 aliphatic carbocycles. The van der Waals surface area contributed by atoms with E-state index in [1.807, 2.05) is 48.4 Å². The van der Waals surface area contributed by atoms with Gasteiger partial charge in [0.25, 0.3) is 5.91 Å². The molecule has 2 aromatic carbocycles. The van der Waals surface area contributed by atoms with Crippen LogP contribution in [-0.4, -0.2) is 37.5 Å². The summed E-state index contributed by atoms with van der Waals surface area (Å²) in [6.07, 6.45) is 6.36. The Morgan fingerprint density at radius 2 is 1.93 bits per heavy atom. The highest BCUT2D eigenvalue weighted by atomic mass is 16.5. The number of likely N-dealkylation sites (N-methyl/N-ethyl adjacent to an activating group) is 1. The zero-order valence-corrected chi connectivity index (χ0v) is 15.5. The van der Waals surface area contributed by atoms with Gasteiger partial charge in [-0.1, -0.05) is 36.4 Å². The zero-order chi connectivity index (χ0) is 18.6. The predicted octanol–water partition coefficient (Wildman–Crippen LogP) is 3.96. The summed E-state index contributed by atoms with van der Waals surface area (Å²) in [7, 11) is 1.89. The van der Waals surface area contributed by atoms with Crippen LogP contribution in [0.1, 0.15) is 12.0 Å². The maximum Gasteiger partial charge on any atom is 0.253 e. The Hall–Kier alpha value is -3.01. The third kappa shape index (κ3) is 3.90. The molecule has 0 saturated carbocycles. The van der Waals surface area contributed by atoms with Gasteiger partial charge in [0, 0.05) is 43.5 Å². The molecule has 4 heteroatoms. The number of hydrogen-bond donors (Lipinski definition) is 0. The van der Waals surface area contributed by atoms with Gasteiger partial charge in [-0.2, -0.15) is 0 Å². The average molecular weight is 360 g/mol. The Labute approximate surface area is 160 Å². The second kappa shape index (κ2) is 7.70. The number of hydrogen-bond acceptors (Lipinski definition) is 3. The van der Waals surface area contributed by atoms with Crippen LogP contribution in [0.15, 0.2) is 72.5 Å². The maximum atomic E-state index is 12.9. The second-order valence-electron chi connectivity index (χ2n) is 7.18. The van der Waals surface area contributed by atoms with Crippen LogP contribution in [0.3, 0.4) is 0 Å². The van der Waals surface area contributed by atoms with E-state index < -0.39 is 0 Å². The molecule has 2 aliphatic rings. The highest BCUT2D eigenvalue weighted by molar-refractivity contribution is 6.01. The van der Waals surface area contributed by atoms with E-state index in [9.17, 15) is 4.79 Å². The standard InChI is InChI=1S/C23H24N2O2/c1-24(16-18-11-13-25(17-18)21-8-3-2-4-9-21)23(26)20-12-14-27-22-10-6-5-7-19(22)15-20/h2-10,12,14-15,18H,11,13,16-17H2,1H3/t18-/m1/s1. The number of benzene rings is 2. The van der Waals surface area contributed by atoms with Gasteiger partial charge in [0.2, 0.25) is 0 Å². The minimum Gasteiger partial charge on any atom is -0.464 e. The first-order valence-corrected chi connectivity index (χ1v) is 9.40. The van der Waals surface area contributed by atoms with Gasteiger partial charge in [0.15, 0.2) is 0 Å². The van der Waals surface area contributed by atoms with Crippen LogP contribution in [0, 0.1) is 5.92 Å². The van der Waals surface area contributed by atoms with E-state index >= 15 is 0 Å². The van der Waals surface area contributed by atoms with Crippen molar-refractivity contribution in [3.05, 3.63) is 78.1 Å². The van der Waals surface area contributed by atoms with Gasteiger partial charge in [0.1, 0.15) is 5.75 Å². The van der Waals surface area contributed by atoms with E-state index in [1.54, 1.807) is 12.3 Å². The number of carbonyl (C=O) groups excluding carboxylic acids is 1. The van der Waals surface area contributed by atoms with Crippen molar-refractivity contribution in [3.8, 4) is 5.75 Å². The van der Waals surface area contributed by atoms with Crippen molar-refractivity contribution in [2.75, 3.05) is 31.6 Å². The van der Waals surface area contributed by atoms with Crippen LogP contribution >= 0.6 is 0 Å². The minimum atomic E-state index is 0.0321. The lowest BCUT2D eigenvalue weighted by Crippen LogP contribution is -2.33. The van der Waals surface area contributed by atoms with E-state index in [1.165, 1.54) is 5.69 Å². The largest absolute Gasteiger partial charge is 0.464 e. The molecule has 0 bridgehead atoms. The molecule has 2 aliphatic heterocycles. The Morgan fingerprint density at radius 3 is 2.78 bits per heavy atom. The molecule has 2 aromatic rings. The molecule has 4 rings (SSSR count). The molecule has 1 amide bonds. The smallest absolute Gasteiger partial charge is 0.253 e. The predicted molar refractivity (Wildman–Crippen MR) is 109 cm³/mol. The van der Waals surface area contributed by atoms with Crippen molar-refractivity contribution in [2.45, 2.75) is 6.42 Å². The maximum absolute atomic E-state index is 12.9. The monoisotopic (exact) mass is 360 g/mol. The first kappa shape index (κ1) is 17.4. The van der Waals surface area contributed by atoms with Crippen molar-refractivity contribution in [1.29, 1.82) is 0 Å². The van der Waals surface area contributed by atoms with Crippen molar-refractivity contribution < 1.29 is 9.53 Å². The normalized spacial score (nSPS) is 18.3. The molecule has 0 unspecified atom stereocenters. The van der Waals surface area contributed by atoms with Crippen LogP contribution < -0.4 is 9.64 Å². The quantitative estimate of drug-likeness (QED) is 0.827. The number of nitrogens with zero attached hydrogens (tertiary/aromatic N) is 2. The second-order valence-corrected chi connectivity index (χ2v) is 7.18. The number of ether oxygens (including phenoxy) is 1. The highest BCUT2D eigenvalue weighted by Crippen LogP contribution is 2.26. The molecule has 0 radical (unpaired) electrons. The van der Waals surface area contributed by atoms with Gasteiger partial charge < -0.3 is 14.5 Å². The molecule has 0 N–H and O–H groups in total. The van der Waals surface area contributed by atoms with Gasteiger partial charge in [0.05, 0.1) is 6.26 Å². The SMILES string of the molecule is CN(C[C@H]1CCN(c2ccccc2)C1)C(=O)C1=Cc2ccccc2OC=C1. The Morgan fingerprint density at radius 1 is 1.15 bits per heavy atom. The van der Waals surface area contributed by atoms with Crippen molar-refractivity contribution >= 4 is 17.7 Å². The van der Waals surface area contributed by atoms with Gasteiger partial charge in [-0.15, -0.1) is 0 Å². The number of fused-ring (bicyclic) bond motifs is 1. The van der Waals surface area contributed by atoms with Crippen LogP contribution in [0.4, 0.5) is 5.69 Å². The van der Waals surface area contributed by atoms with E-state index in [2.05, 4.69) is 29.2 Å². The molecule has 4 nitrogen and oxygen atoms in total. The molecule has 138 valence electrons. The summed E-state index contributed by atoms with van der Waals surface area (Å²) < 4.78 is 5.60. The fourth-order valence-electron chi connectivity index (χ4n) is 3.78. The molecule has 1 atom stereocenters. The summed E-state index contributed by atoms with van der Waals surface area (Å²) in [5.41, 5.74) is 2.84. The van der Waals surface area contributed by atoms with Crippen molar-refractivity contribution in [2.24, 2.45) is 5.92 Å². The van der Waals surface area contributed by atoms with E-state index in [-0.39, 0.29) is 5.91 Å². The average Bonchev–Trinajstić information content (AvgIpc) is 3.05. The summed E-state index contributed by atoms with van der Waals surface area (Å²) >= 11 is 0. The number of amides is 1. The fourth-order valence-corrected chi connectivity index (χ4v) is 3.78. The summed E-state index contributed by atoms with van der Waals surface area (Å²) in [6, 6.07) is 18.2. The van der Waals surface area contributed by atoms with Crippen molar-refractivity contribution in [3.63, 3.8) is 0 Å². The summed E-state index contributed by atoms with van der Waals surface area (Å²) in [4.78, 5) is 17.2. The van der Waals surface area contributed by atoms with Crippen LogP contribution in [-0.2, 0) is 4.79 Å². The molecule has 0 spiro atoms. The molecule has 1 saturated heterocycles. The van der Waals surface area contributed by atoms with Gasteiger partial charge in [-0.3, -0.25) is 4.79 Å². The lowest BCUT2D eigenvalue weighted by atomic mass is 10.1. The lowest BCUT2D eigenvalue weighted by Gasteiger charge is -2.23. The summed E-state index contributed by atoms with van der Waals surface area (Å²) in [6.45, 7) is 2.79. The van der Waals surface area contributed by atoms with Crippen LogP contribution in [0.25, 0.3) is 6.08 Å². The van der Waals surface area contributed by atoms with Gasteiger partial charge in [-0.25, -0.2) is 0 Å². The van der Waals surface area contributed by atoms with E-state index in [4.69, 9.17) is 4.74 Å². The third-order valence-electron chi connectivity index (χ3n) is 5.21. The number of anilines is 1. The summed E-state index contributed by atoms with van der Waals surface area (Å²) in [5.74, 6) is 1.29. The number of para-hydroxylation sites is 2. The van der Waals surface area contributed by atoms with Crippen LogP contribution in [0.5, 0.6) is 5.75 Å². The van der Waals surface area contributed by atoms with Gasteiger partial charge >= 0.3 is 0 Å². The summed E-state index contributed by atoms with van der Waals surface area (Å²) in [5, 5.41) is 0. The highest BCUT2D eigenvalue weighted by Gasteiger charge is 2.26. The lowest BCUT2D eigenvalue weighted by molar-refractivity contribution is -0.125. The van der Waals surface area contributed by atoms with E-state index in [0.29, 0.717) is 11.5 Å². The molecule has 2 heterocycles. The number of rotatable bonds is 4. The Kier molecular flexibility index (Phi) is 4.97. The Balaban J connectivity index is 1.41. The third-order valence-corrected chi connectivity index (χ3v) is 5.21. The van der Waals surface area contributed by atoms with Gasteiger partial charge in [-0.05, 0) is 42.7 Å². The number of carbonyl (C=O) groups is 1. The fraction of sp³-hybridized carbons (Fsp3) is 0.261. The first-order chi connectivity index (χ1) is 13.2. The van der Waals surface area contributed by atoms with E-state index in [0.717, 1.165) is 37.4 Å². The molecule has 1 fully saturated rings. The first-order valence-electron chi connectivity index (χ1n) is 9.40. The molecule has 0 aromatic heterocycles. The Bertz CT molecular complexity index is 873. The molecule has 27 heavy (non-hydrogen) atoms. The van der Waals surface area contributed by atoms with Crippen molar-refractivity contribution in [1.82, 2.24) is 4.90 Å². The molecular formula is C23H24N2O2. The topological polar surface area (TPSA) is 32.8 Å². The minimum absolute atomic E-state index is 0.0321.